The summed E-state index contributed by atoms with van der Waals surface area (Å²) in [5, 5.41) is 10.5. The van der Waals surface area contributed by atoms with Gasteiger partial charge in [-0.2, -0.15) is 0 Å². The molecule has 0 N–H and O–H groups in total. The van der Waals surface area contributed by atoms with Crippen molar-refractivity contribution in [1.82, 2.24) is 15.1 Å². The SMILES string of the molecule is CC(C)(C)c1nnc(CC(=O)[C@@H]2CCCCN2C2CCCC2)s1. The molecule has 0 unspecified atom stereocenters. The number of piperidine rings is 1. The van der Waals surface area contributed by atoms with Crippen molar-refractivity contribution in [2.45, 2.75) is 89.6 Å². The number of carbonyl (C=O) groups excluding carboxylic acids is 1. The third kappa shape index (κ3) is 4.00. The second-order valence-corrected chi connectivity index (χ2v) is 9.14. The Morgan fingerprint density at radius 1 is 1.13 bits per heavy atom. The Kier molecular flexibility index (Phi) is 5.16. The summed E-state index contributed by atoms with van der Waals surface area (Å²) in [6, 6.07) is 0.762. The number of aromatic nitrogens is 2. The largest absolute Gasteiger partial charge is 0.297 e. The molecule has 1 aliphatic heterocycles. The summed E-state index contributed by atoms with van der Waals surface area (Å²) in [4.78, 5) is 15.4. The quantitative estimate of drug-likeness (QED) is 0.841. The number of Topliss-reactive ketones (excluding diaryl/α,β-unsaturated/α-hetero) is 1. The highest BCUT2D eigenvalue weighted by atomic mass is 32.1. The molecule has 0 amide bonds. The van der Waals surface area contributed by atoms with Gasteiger partial charge in [-0.05, 0) is 32.2 Å². The van der Waals surface area contributed by atoms with Crippen LogP contribution in [0, 0.1) is 0 Å². The lowest BCUT2D eigenvalue weighted by molar-refractivity contribution is -0.125. The maximum absolute atomic E-state index is 12.9. The van der Waals surface area contributed by atoms with Crippen molar-refractivity contribution in [3.05, 3.63) is 10.0 Å². The molecular formula is C18H29N3OS. The van der Waals surface area contributed by atoms with Gasteiger partial charge in [-0.25, -0.2) is 0 Å². The Morgan fingerprint density at radius 2 is 1.83 bits per heavy atom. The van der Waals surface area contributed by atoms with E-state index in [4.69, 9.17) is 0 Å². The number of hydrogen-bond acceptors (Lipinski definition) is 5. The average Bonchev–Trinajstić information content (AvgIpc) is 3.18. The standard InChI is InChI=1S/C18H29N3OS/c1-18(2,3)17-20-19-16(23-17)12-15(22)14-10-6-7-11-21(14)13-8-4-5-9-13/h13-14H,4-12H2,1-3H3/t14-/m0/s1. The molecule has 23 heavy (non-hydrogen) atoms. The predicted octanol–water partition coefficient (Wildman–Crippen LogP) is 3.74. The van der Waals surface area contributed by atoms with Gasteiger partial charge in [0.1, 0.15) is 10.0 Å². The van der Waals surface area contributed by atoms with E-state index in [-0.39, 0.29) is 11.5 Å². The molecular weight excluding hydrogens is 306 g/mol. The maximum atomic E-state index is 12.9. The fourth-order valence-corrected chi connectivity index (χ4v) is 4.77. The lowest BCUT2D eigenvalue weighted by atomic mass is 9.94. The lowest BCUT2D eigenvalue weighted by Gasteiger charge is -2.39. The van der Waals surface area contributed by atoms with Gasteiger partial charge < -0.3 is 0 Å². The fraction of sp³-hybridized carbons (Fsp3) is 0.833. The summed E-state index contributed by atoms with van der Waals surface area (Å²) in [6.07, 6.45) is 9.12. The molecule has 1 saturated heterocycles. The molecule has 1 aromatic rings. The zero-order valence-corrected chi connectivity index (χ0v) is 15.5. The van der Waals surface area contributed by atoms with E-state index >= 15 is 0 Å². The normalized spacial score (nSPS) is 24.2. The van der Waals surface area contributed by atoms with Gasteiger partial charge in [-0.1, -0.05) is 40.0 Å². The first kappa shape index (κ1) is 17.0. The first-order chi connectivity index (χ1) is 10.9. The summed E-state index contributed by atoms with van der Waals surface area (Å²) >= 11 is 1.60. The number of rotatable bonds is 4. The molecule has 1 saturated carbocycles. The van der Waals surface area contributed by atoms with E-state index in [0.717, 1.165) is 23.0 Å². The zero-order valence-electron chi connectivity index (χ0n) is 14.7. The highest BCUT2D eigenvalue weighted by Crippen LogP contribution is 2.31. The van der Waals surface area contributed by atoms with Crippen molar-refractivity contribution in [3.8, 4) is 0 Å². The Bertz CT molecular complexity index is 543. The summed E-state index contributed by atoms with van der Waals surface area (Å²) in [5.41, 5.74) is 0.0136. The topological polar surface area (TPSA) is 46.1 Å². The predicted molar refractivity (Wildman–Crippen MR) is 93.9 cm³/mol. The number of ketones is 1. The third-order valence-electron chi connectivity index (χ3n) is 5.14. The smallest absolute Gasteiger partial charge is 0.156 e. The van der Waals surface area contributed by atoms with Gasteiger partial charge in [0, 0.05) is 11.5 Å². The zero-order chi connectivity index (χ0) is 16.4. The van der Waals surface area contributed by atoms with Crippen molar-refractivity contribution < 1.29 is 4.79 Å². The first-order valence-corrected chi connectivity index (χ1v) is 9.88. The summed E-state index contributed by atoms with van der Waals surface area (Å²) < 4.78 is 0. The Balaban J connectivity index is 1.67. The lowest BCUT2D eigenvalue weighted by Crippen LogP contribution is -2.49. The third-order valence-corrected chi connectivity index (χ3v) is 6.49. The van der Waals surface area contributed by atoms with Crippen LogP contribution in [0.5, 0.6) is 0 Å². The highest BCUT2D eigenvalue weighted by Gasteiger charge is 2.34. The number of likely N-dealkylation sites (tertiary alicyclic amines) is 1. The van der Waals surface area contributed by atoms with Crippen molar-refractivity contribution in [1.29, 1.82) is 0 Å². The summed E-state index contributed by atoms with van der Waals surface area (Å²) in [5.74, 6) is 0.355. The van der Waals surface area contributed by atoms with Crippen LogP contribution < -0.4 is 0 Å². The van der Waals surface area contributed by atoms with Gasteiger partial charge in [0.05, 0.1) is 12.5 Å². The summed E-state index contributed by atoms with van der Waals surface area (Å²) in [6.45, 7) is 7.52. The first-order valence-electron chi connectivity index (χ1n) is 9.06. The Labute approximate surface area is 143 Å². The number of hydrogen-bond donors (Lipinski definition) is 0. The van der Waals surface area contributed by atoms with Crippen molar-refractivity contribution >= 4 is 17.1 Å². The van der Waals surface area contributed by atoms with Crippen molar-refractivity contribution in [2.24, 2.45) is 0 Å². The summed E-state index contributed by atoms with van der Waals surface area (Å²) in [7, 11) is 0. The van der Waals surface area contributed by atoms with Crippen LogP contribution in [0.15, 0.2) is 0 Å². The minimum absolute atomic E-state index is 0.0136. The van der Waals surface area contributed by atoms with E-state index < -0.39 is 0 Å². The van der Waals surface area contributed by atoms with Crippen molar-refractivity contribution in [3.63, 3.8) is 0 Å². The minimum atomic E-state index is 0.0136. The molecule has 128 valence electrons. The van der Waals surface area contributed by atoms with E-state index in [2.05, 4.69) is 35.9 Å². The molecule has 2 aliphatic rings. The van der Waals surface area contributed by atoms with Crippen LogP contribution >= 0.6 is 11.3 Å². The van der Waals surface area contributed by atoms with E-state index in [0.29, 0.717) is 18.2 Å². The molecule has 1 atom stereocenters. The number of nitrogens with zero attached hydrogens (tertiary/aromatic N) is 3. The second-order valence-electron chi connectivity index (χ2n) is 8.08. The van der Waals surface area contributed by atoms with Gasteiger partial charge in [-0.3, -0.25) is 9.69 Å². The van der Waals surface area contributed by atoms with Crippen LogP contribution in [0.3, 0.4) is 0 Å². The molecule has 2 fully saturated rings. The highest BCUT2D eigenvalue weighted by molar-refractivity contribution is 7.11. The van der Waals surface area contributed by atoms with Crippen LogP contribution in [0.4, 0.5) is 0 Å². The van der Waals surface area contributed by atoms with Gasteiger partial charge >= 0.3 is 0 Å². The van der Waals surface area contributed by atoms with Crippen LogP contribution in [0.1, 0.15) is 75.7 Å². The molecule has 5 heteroatoms. The Hall–Kier alpha value is -0.810. The van der Waals surface area contributed by atoms with Gasteiger partial charge in [0.2, 0.25) is 0 Å². The monoisotopic (exact) mass is 335 g/mol. The fourth-order valence-electron chi connectivity index (χ4n) is 3.87. The van der Waals surface area contributed by atoms with E-state index in [1.807, 2.05) is 0 Å². The second kappa shape index (κ2) is 6.98. The van der Waals surface area contributed by atoms with Gasteiger partial charge in [0.25, 0.3) is 0 Å². The van der Waals surface area contributed by atoms with E-state index in [9.17, 15) is 4.79 Å². The van der Waals surface area contributed by atoms with Gasteiger partial charge in [0.15, 0.2) is 5.78 Å². The van der Waals surface area contributed by atoms with Crippen molar-refractivity contribution in [2.75, 3.05) is 6.54 Å². The van der Waals surface area contributed by atoms with Crippen LogP contribution in [0.25, 0.3) is 0 Å². The molecule has 1 aromatic heterocycles. The molecule has 0 radical (unpaired) electrons. The minimum Gasteiger partial charge on any atom is -0.297 e. The maximum Gasteiger partial charge on any atom is 0.156 e. The molecule has 3 rings (SSSR count). The molecule has 1 aliphatic carbocycles. The number of carbonyl (C=O) groups is 1. The molecule has 0 bridgehead atoms. The van der Waals surface area contributed by atoms with E-state index in [1.165, 1.54) is 38.5 Å². The molecule has 0 aromatic carbocycles. The molecule has 4 nitrogen and oxygen atoms in total. The van der Waals surface area contributed by atoms with Crippen LogP contribution in [-0.4, -0.2) is 39.5 Å². The van der Waals surface area contributed by atoms with Gasteiger partial charge in [-0.15, -0.1) is 21.5 Å². The Morgan fingerprint density at radius 3 is 2.48 bits per heavy atom. The molecule has 0 spiro atoms. The van der Waals surface area contributed by atoms with E-state index in [1.54, 1.807) is 11.3 Å². The van der Waals surface area contributed by atoms with Crippen LogP contribution in [0.2, 0.25) is 0 Å². The average molecular weight is 336 g/mol. The van der Waals surface area contributed by atoms with Crippen LogP contribution in [-0.2, 0) is 16.6 Å². The molecule has 2 heterocycles.